The van der Waals surface area contributed by atoms with Crippen LogP contribution in [0.25, 0.3) is 0 Å². The van der Waals surface area contributed by atoms with Gasteiger partial charge in [-0.1, -0.05) is 112 Å². The minimum absolute atomic E-state index is 0.159. The Balaban J connectivity index is 1.41. The summed E-state index contributed by atoms with van der Waals surface area (Å²) in [7, 11) is -2.81. The maximum Gasteiger partial charge on any atom is 0.508 e. The predicted molar refractivity (Wildman–Crippen MR) is 155 cm³/mol. The topological polar surface area (TPSA) is 83.1 Å². The molecular weight excluding hydrogens is 522 g/mol. The molecule has 5 rings (SSSR count). The largest absolute Gasteiger partial charge is 0.508 e. The molecule has 8 heteroatoms. The van der Waals surface area contributed by atoms with Crippen molar-refractivity contribution in [2.24, 2.45) is 5.92 Å². The van der Waals surface area contributed by atoms with Gasteiger partial charge in [0.05, 0.1) is 0 Å². The summed E-state index contributed by atoms with van der Waals surface area (Å²) in [6.45, 7) is 7.07. The zero-order valence-electron chi connectivity index (χ0n) is 23.2. The lowest BCUT2D eigenvalue weighted by atomic mass is 9.97. The van der Waals surface area contributed by atoms with E-state index in [1.807, 2.05) is 42.5 Å². The first-order valence-corrected chi connectivity index (χ1v) is 15.8. The summed E-state index contributed by atoms with van der Waals surface area (Å²) < 4.78 is 23.5. The minimum atomic E-state index is -2.81. The smallest absolute Gasteiger partial charge is 0.445 e. The van der Waals surface area contributed by atoms with Crippen molar-refractivity contribution in [1.82, 2.24) is 5.32 Å². The first-order chi connectivity index (χ1) is 19.3. The van der Waals surface area contributed by atoms with Crippen LogP contribution in [-0.2, 0) is 25.2 Å². The SMILES string of the molecule is CC(C)(C)[Si](OC1CC(NC(=O)OCc2ccccc2)C(C2COC(=O)O2)C1)(c1ccccc1)c1ccccc1. The standard InChI is InChI=1S/C32H37NO6Si/c1-32(2,3)40(25-15-9-5-10-16-25,26-17-11-6-12-18-26)39-24-19-27(29-22-37-31(35)38-29)28(20-24)33-30(34)36-21-23-13-7-4-8-14-23/h4-18,24,27-29H,19-22H2,1-3H3,(H,33,34). The number of amides is 1. The first kappa shape index (κ1) is 27.9. The molecule has 0 bridgehead atoms. The summed E-state index contributed by atoms with van der Waals surface area (Å²) in [5.41, 5.74) is 0.909. The Kier molecular flexibility index (Phi) is 8.28. The number of benzene rings is 3. The van der Waals surface area contributed by atoms with Gasteiger partial charge in [-0.3, -0.25) is 0 Å². The molecule has 4 atom stereocenters. The third-order valence-corrected chi connectivity index (χ3v) is 13.0. The molecule has 1 aliphatic carbocycles. The third kappa shape index (κ3) is 5.93. The molecular formula is C32H37NO6Si. The monoisotopic (exact) mass is 559 g/mol. The van der Waals surface area contributed by atoms with E-state index in [0.29, 0.717) is 12.8 Å². The van der Waals surface area contributed by atoms with E-state index in [9.17, 15) is 9.59 Å². The van der Waals surface area contributed by atoms with Crippen LogP contribution in [0, 0.1) is 5.92 Å². The van der Waals surface area contributed by atoms with Crippen LogP contribution in [0.3, 0.4) is 0 Å². The zero-order chi connectivity index (χ0) is 28.2. The van der Waals surface area contributed by atoms with Crippen molar-refractivity contribution in [2.75, 3.05) is 6.61 Å². The van der Waals surface area contributed by atoms with Crippen LogP contribution in [0.4, 0.5) is 9.59 Å². The second-order valence-corrected chi connectivity index (χ2v) is 15.8. The fraction of sp³-hybridized carbons (Fsp3) is 0.375. The summed E-state index contributed by atoms with van der Waals surface area (Å²) in [6.07, 6.45) is -0.615. The van der Waals surface area contributed by atoms with E-state index < -0.39 is 26.7 Å². The average Bonchev–Trinajstić information content (AvgIpc) is 3.56. The number of nitrogens with one attached hydrogen (secondary N) is 1. The van der Waals surface area contributed by atoms with Crippen molar-refractivity contribution in [3.05, 3.63) is 96.6 Å². The van der Waals surface area contributed by atoms with Gasteiger partial charge in [0.15, 0.2) is 0 Å². The molecule has 2 aliphatic rings. The average molecular weight is 560 g/mol. The van der Waals surface area contributed by atoms with Crippen LogP contribution in [-0.4, -0.2) is 45.4 Å². The van der Waals surface area contributed by atoms with Crippen LogP contribution < -0.4 is 15.7 Å². The van der Waals surface area contributed by atoms with E-state index in [-0.39, 0.29) is 36.3 Å². The Hall–Kier alpha value is -3.62. The molecule has 1 saturated heterocycles. The third-order valence-electron chi connectivity index (χ3n) is 7.94. The maximum absolute atomic E-state index is 12.9. The highest BCUT2D eigenvalue weighted by molar-refractivity contribution is 6.99. The summed E-state index contributed by atoms with van der Waals surface area (Å²) >= 11 is 0. The molecule has 1 N–H and O–H groups in total. The lowest BCUT2D eigenvalue weighted by Gasteiger charge is -2.44. The minimum Gasteiger partial charge on any atom is -0.445 e. The second kappa shape index (κ2) is 11.9. The van der Waals surface area contributed by atoms with Crippen molar-refractivity contribution >= 4 is 30.9 Å². The van der Waals surface area contributed by atoms with E-state index in [1.165, 1.54) is 10.4 Å². The normalized spacial score (nSPS) is 22.8. The Morgan fingerprint density at radius 1 is 0.900 bits per heavy atom. The van der Waals surface area contributed by atoms with Crippen LogP contribution in [0.5, 0.6) is 0 Å². The van der Waals surface area contributed by atoms with E-state index in [0.717, 1.165) is 5.56 Å². The van der Waals surface area contributed by atoms with Crippen molar-refractivity contribution in [2.45, 2.75) is 63.5 Å². The number of ether oxygens (including phenoxy) is 3. The molecule has 40 heavy (non-hydrogen) atoms. The molecule has 0 spiro atoms. The number of hydrogen-bond donors (Lipinski definition) is 1. The van der Waals surface area contributed by atoms with Crippen molar-refractivity contribution < 1.29 is 28.2 Å². The number of hydrogen-bond acceptors (Lipinski definition) is 6. The highest BCUT2D eigenvalue weighted by Gasteiger charge is 2.54. The van der Waals surface area contributed by atoms with Crippen LogP contribution >= 0.6 is 0 Å². The second-order valence-electron chi connectivity index (χ2n) is 11.6. The Labute approximate surface area is 236 Å². The van der Waals surface area contributed by atoms with Gasteiger partial charge in [-0.15, -0.1) is 0 Å². The van der Waals surface area contributed by atoms with Gasteiger partial charge in [-0.05, 0) is 33.8 Å². The number of rotatable bonds is 8. The summed E-state index contributed by atoms with van der Waals surface area (Å²) in [6, 6.07) is 30.2. The van der Waals surface area contributed by atoms with Crippen molar-refractivity contribution in [3.63, 3.8) is 0 Å². The van der Waals surface area contributed by atoms with Gasteiger partial charge in [0.2, 0.25) is 0 Å². The van der Waals surface area contributed by atoms with Gasteiger partial charge in [0.1, 0.15) is 19.3 Å². The number of carbonyl (C=O) groups is 2. The summed E-state index contributed by atoms with van der Waals surface area (Å²) in [5.74, 6) is -0.168. The van der Waals surface area contributed by atoms with Crippen LogP contribution in [0.1, 0.15) is 39.2 Å². The molecule has 2 fully saturated rings. The van der Waals surface area contributed by atoms with E-state index >= 15 is 0 Å². The fourth-order valence-electron chi connectivity index (χ4n) is 6.11. The van der Waals surface area contributed by atoms with Gasteiger partial charge in [0.25, 0.3) is 8.32 Å². The first-order valence-electron chi connectivity index (χ1n) is 13.9. The van der Waals surface area contributed by atoms with Gasteiger partial charge >= 0.3 is 12.2 Å². The molecule has 0 aromatic heterocycles. The maximum atomic E-state index is 12.9. The van der Waals surface area contributed by atoms with Crippen LogP contribution in [0.15, 0.2) is 91.0 Å². The fourth-order valence-corrected chi connectivity index (χ4v) is 10.8. The molecule has 4 unspecified atom stereocenters. The molecule has 3 aromatic rings. The van der Waals surface area contributed by atoms with Gasteiger partial charge in [-0.2, -0.15) is 0 Å². The number of alkyl carbamates (subject to hydrolysis) is 1. The highest BCUT2D eigenvalue weighted by atomic mass is 28.4. The van der Waals surface area contributed by atoms with E-state index in [4.69, 9.17) is 18.6 Å². The Morgan fingerprint density at radius 3 is 2.00 bits per heavy atom. The quantitative estimate of drug-likeness (QED) is 0.303. The molecule has 7 nitrogen and oxygen atoms in total. The lowest BCUT2D eigenvalue weighted by Crippen LogP contribution is -2.67. The molecule has 3 aromatic carbocycles. The molecule has 1 heterocycles. The molecule has 1 amide bonds. The lowest BCUT2D eigenvalue weighted by molar-refractivity contribution is 0.0851. The molecule has 0 radical (unpaired) electrons. The van der Waals surface area contributed by atoms with E-state index in [1.54, 1.807) is 0 Å². The van der Waals surface area contributed by atoms with E-state index in [2.05, 4.69) is 74.6 Å². The van der Waals surface area contributed by atoms with Crippen molar-refractivity contribution in [3.8, 4) is 0 Å². The number of carbonyl (C=O) groups excluding carboxylic acids is 2. The molecule has 1 aliphatic heterocycles. The predicted octanol–water partition coefficient (Wildman–Crippen LogP) is 5.17. The Morgan fingerprint density at radius 2 is 1.48 bits per heavy atom. The summed E-state index contributed by atoms with van der Waals surface area (Å²) in [5, 5.41) is 5.25. The van der Waals surface area contributed by atoms with Gasteiger partial charge in [0, 0.05) is 18.1 Å². The van der Waals surface area contributed by atoms with Gasteiger partial charge in [-0.25, -0.2) is 9.59 Å². The van der Waals surface area contributed by atoms with Crippen molar-refractivity contribution in [1.29, 1.82) is 0 Å². The van der Waals surface area contributed by atoms with Gasteiger partial charge < -0.3 is 24.0 Å². The molecule has 210 valence electrons. The summed E-state index contributed by atoms with van der Waals surface area (Å²) in [4.78, 5) is 24.7. The highest BCUT2D eigenvalue weighted by Crippen LogP contribution is 2.42. The zero-order valence-corrected chi connectivity index (χ0v) is 24.2. The number of cyclic esters (lactones) is 2. The molecule has 1 saturated carbocycles. The Bertz CT molecular complexity index is 1240. The van der Waals surface area contributed by atoms with Crippen LogP contribution in [0.2, 0.25) is 5.04 Å².